The van der Waals surface area contributed by atoms with Crippen molar-refractivity contribution < 1.29 is 24.2 Å². The predicted octanol–water partition coefficient (Wildman–Crippen LogP) is 1.62. The molecule has 2 amide bonds. The van der Waals surface area contributed by atoms with E-state index in [4.69, 9.17) is 4.74 Å². The smallest absolute Gasteiger partial charge is 0.310 e. The Morgan fingerprint density at radius 2 is 1.77 bits per heavy atom. The molecule has 0 aromatic heterocycles. The van der Waals surface area contributed by atoms with E-state index in [-0.39, 0.29) is 18.2 Å². The molecule has 0 atom stereocenters. The summed E-state index contributed by atoms with van der Waals surface area (Å²) in [5.41, 5.74) is -0.312. The number of nitrogens with zero attached hydrogens (tertiary/aromatic N) is 2. The number of benzene rings is 1. The number of aliphatic carboxylic acids is 1. The Hall–Kier alpha value is -2.57. The van der Waals surface area contributed by atoms with Gasteiger partial charge in [-0.1, -0.05) is 12.5 Å². The lowest BCUT2D eigenvalue weighted by atomic mass is 9.66. The number of piperazine rings is 1. The van der Waals surface area contributed by atoms with Crippen LogP contribution in [-0.4, -0.2) is 66.0 Å². The van der Waals surface area contributed by atoms with Crippen molar-refractivity contribution in [1.82, 2.24) is 9.80 Å². The molecule has 1 N–H and O–H groups in total. The van der Waals surface area contributed by atoms with E-state index in [1.807, 2.05) is 0 Å². The van der Waals surface area contributed by atoms with Crippen LogP contribution in [0.2, 0.25) is 0 Å². The van der Waals surface area contributed by atoms with Crippen molar-refractivity contribution in [1.29, 1.82) is 0 Å². The first-order chi connectivity index (χ1) is 12.4. The van der Waals surface area contributed by atoms with E-state index in [1.165, 1.54) is 0 Å². The number of rotatable bonds is 5. The first-order valence-corrected chi connectivity index (χ1v) is 8.90. The highest BCUT2D eigenvalue weighted by Gasteiger charge is 2.46. The minimum Gasteiger partial charge on any atom is -0.497 e. The fourth-order valence-electron chi connectivity index (χ4n) is 3.57. The Labute approximate surface area is 152 Å². The number of carbonyl (C=O) groups excluding carboxylic acids is 2. The highest BCUT2D eigenvalue weighted by Crippen LogP contribution is 2.44. The van der Waals surface area contributed by atoms with E-state index in [0.29, 0.717) is 50.3 Å². The summed E-state index contributed by atoms with van der Waals surface area (Å²) in [4.78, 5) is 39.9. The molecule has 1 saturated carbocycles. The molecule has 0 radical (unpaired) electrons. The molecular weight excluding hydrogens is 336 g/mol. The zero-order valence-corrected chi connectivity index (χ0v) is 14.9. The van der Waals surface area contributed by atoms with Crippen molar-refractivity contribution in [2.45, 2.75) is 25.7 Å². The molecule has 0 spiro atoms. The van der Waals surface area contributed by atoms with Gasteiger partial charge < -0.3 is 19.6 Å². The van der Waals surface area contributed by atoms with Gasteiger partial charge in [-0.05, 0) is 31.0 Å². The molecule has 1 saturated heterocycles. The minimum atomic E-state index is -0.871. The summed E-state index contributed by atoms with van der Waals surface area (Å²) >= 11 is 0. The van der Waals surface area contributed by atoms with E-state index >= 15 is 0 Å². The monoisotopic (exact) mass is 360 g/mol. The largest absolute Gasteiger partial charge is 0.497 e. The Morgan fingerprint density at radius 1 is 1.12 bits per heavy atom. The fourth-order valence-corrected chi connectivity index (χ4v) is 3.57. The highest BCUT2D eigenvalue weighted by atomic mass is 16.5. The fraction of sp³-hybridized carbons (Fsp3) is 0.526. The number of ether oxygens (including phenoxy) is 1. The van der Waals surface area contributed by atoms with Crippen LogP contribution in [0.3, 0.4) is 0 Å². The number of carboxylic acids is 1. The van der Waals surface area contributed by atoms with E-state index < -0.39 is 11.4 Å². The summed E-state index contributed by atoms with van der Waals surface area (Å²) in [6.07, 6.45) is 2.07. The van der Waals surface area contributed by atoms with Crippen LogP contribution in [0.5, 0.6) is 5.75 Å². The third-order valence-electron chi connectivity index (χ3n) is 5.49. The molecular formula is C19H24N2O5. The zero-order valence-electron chi connectivity index (χ0n) is 14.9. The van der Waals surface area contributed by atoms with Crippen LogP contribution in [0.1, 0.15) is 36.0 Å². The molecule has 1 heterocycles. The summed E-state index contributed by atoms with van der Waals surface area (Å²) in [7, 11) is 1.56. The van der Waals surface area contributed by atoms with Crippen molar-refractivity contribution in [2.24, 2.45) is 5.41 Å². The standard InChI is InChI=1S/C19H24N2O5/c1-26-15-5-2-4-14(12-15)17(23)21-10-8-20(9-11-21)16(22)13-19(18(24)25)6-3-7-19/h2,4-5,12H,3,6-11,13H2,1H3,(H,24,25). The molecule has 7 nitrogen and oxygen atoms in total. The lowest BCUT2D eigenvalue weighted by Gasteiger charge is -2.40. The Balaban J connectivity index is 1.56. The third-order valence-corrected chi connectivity index (χ3v) is 5.49. The molecule has 0 bridgehead atoms. The summed E-state index contributed by atoms with van der Waals surface area (Å²) in [5.74, 6) is -0.453. The van der Waals surface area contributed by atoms with Crippen LogP contribution in [0.15, 0.2) is 24.3 Å². The summed E-state index contributed by atoms with van der Waals surface area (Å²) in [6, 6.07) is 7.00. The van der Waals surface area contributed by atoms with E-state index in [9.17, 15) is 19.5 Å². The molecule has 3 rings (SSSR count). The predicted molar refractivity (Wildman–Crippen MR) is 94.0 cm³/mol. The molecule has 0 unspecified atom stereocenters. The molecule has 26 heavy (non-hydrogen) atoms. The second-order valence-electron chi connectivity index (χ2n) is 7.02. The number of amides is 2. The molecule has 2 aliphatic rings. The van der Waals surface area contributed by atoms with E-state index in [0.717, 1.165) is 6.42 Å². The second kappa shape index (κ2) is 7.35. The molecule has 140 valence electrons. The Bertz CT molecular complexity index is 706. The van der Waals surface area contributed by atoms with Crippen LogP contribution in [-0.2, 0) is 9.59 Å². The van der Waals surface area contributed by atoms with Gasteiger partial charge in [0, 0.05) is 38.2 Å². The van der Waals surface area contributed by atoms with E-state index in [1.54, 1.807) is 41.2 Å². The molecule has 1 aliphatic carbocycles. The van der Waals surface area contributed by atoms with Gasteiger partial charge in [0.2, 0.25) is 5.91 Å². The normalized spacial score (nSPS) is 18.8. The van der Waals surface area contributed by atoms with Crippen LogP contribution in [0.25, 0.3) is 0 Å². The van der Waals surface area contributed by atoms with Crippen LogP contribution < -0.4 is 4.74 Å². The van der Waals surface area contributed by atoms with Gasteiger partial charge in [-0.15, -0.1) is 0 Å². The number of carbonyl (C=O) groups is 3. The average Bonchev–Trinajstić information content (AvgIpc) is 2.63. The van der Waals surface area contributed by atoms with Crippen molar-refractivity contribution in [3.05, 3.63) is 29.8 Å². The first kappa shape index (κ1) is 18.2. The average molecular weight is 360 g/mol. The first-order valence-electron chi connectivity index (χ1n) is 8.90. The SMILES string of the molecule is COc1cccc(C(=O)N2CCN(C(=O)CC3(C(=O)O)CCC3)CC2)c1. The Kier molecular flexibility index (Phi) is 5.15. The van der Waals surface area contributed by atoms with Gasteiger partial charge in [-0.3, -0.25) is 14.4 Å². The number of methoxy groups -OCH3 is 1. The summed E-state index contributed by atoms with van der Waals surface area (Å²) in [6.45, 7) is 1.76. The maximum absolute atomic E-state index is 12.6. The summed E-state index contributed by atoms with van der Waals surface area (Å²) in [5, 5.41) is 9.38. The van der Waals surface area contributed by atoms with Crippen molar-refractivity contribution >= 4 is 17.8 Å². The lowest BCUT2D eigenvalue weighted by Crippen LogP contribution is -2.52. The topological polar surface area (TPSA) is 87.2 Å². The quantitative estimate of drug-likeness (QED) is 0.862. The Morgan fingerprint density at radius 3 is 2.31 bits per heavy atom. The van der Waals surface area contributed by atoms with Crippen LogP contribution >= 0.6 is 0 Å². The highest BCUT2D eigenvalue weighted by molar-refractivity contribution is 5.95. The molecule has 1 aromatic carbocycles. The van der Waals surface area contributed by atoms with Gasteiger partial charge in [0.05, 0.1) is 12.5 Å². The lowest BCUT2D eigenvalue weighted by molar-refractivity contribution is -0.159. The molecule has 1 aliphatic heterocycles. The van der Waals surface area contributed by atoms with Crippen molar-refractivity contribution in [2.75, 3.05) is 33.3 Å². The van der Waals surface area contributed by atoms with Gasteiger partial charge in [0.15, 0.2) is 0 Å². The van der Waals surface area contributed by atoms with Gasteiger partial charge in [0.25, 0.3) is 5.91 Å². The minimum absolute atomic E-state index is 0.0617. The maximum Gasteiger partial charge on any atom is 0.310 e. The molecule has 1 aromatic rings. The molecule has 7 heteroatoms. The number of hydrogen-bond donors (Lipinski definition) is 1. The third kappa shape index (κ3) is 3.52. The number of carboxylic acid groups (broad SMARTS) is 1. The second-order valence-corrected chi connectivity index (χ2v) is 7.02. The van der Waals surface area contributed by atoms with Crippen LogP contribution in [0.4, 0.5) is 0 Å². The van der Waals surface area contributed by atoms with Gasteiger partial charge in [0.1, 0.15) is 5.75 Å². The zero-order chi connectivity index (χ0) is 18.7. The summed E-state index contributed by atoms with van der Waals surface area (Å²) < 4.78 is 5.15. The number of hydrogen-bond acceptors (Lipinski definition) is 4. The van der Waals surface area contributed by atoms with Crippen LogP contribution in [0, 0.1) is 5.41 Å². The van der Waals surface area contributed by atoms with Gasteiger partial charge in [-0.25, -0.2) is 0 Å². The maximum atomic E-state index is 12.6. The van der Waals surface area contributed by atoms with Gasteiger partial charge in [-0.2, -0.15) is 0 Å². The van der Waals surface area contributed by atoms with Crippen molar-refractivity contribution in [3.63, 3.8) is 0 Å². The van der Waals surface area contributed by atoms with Gasteiger partial charge >= 0.3 is 5.97 Å². The van der Waals surface area contributed by atoms with E-state index in [2.05, 4.69) is 0 Å². The van der Waals surface area contributed by atoms with Crippen molar-refractivity contribution in [3.8, 4) is 5.75 Å². The molecule has 2 fully saturated rings.